The molecular weight excluding hydrogens is 767 g/mol. The van der Waals surface area contributed by atoms with E-state index in [0.29, 0.717) is 17.4 Å². The number of nitrogens with zero attached hydrogens (tertiary/aromatic N) is 1. The highest BCUT2D eigenvalue weighted by atomic mass is 16.7. The number of carboxylic acid groups (broad SMARTS) is 1. The van der Waals surface area contributed by atoms with E-state index in [2.05, 4.69) is 38.2 Å². The van der Waals surface area contributed by atoms with E-state index in [1.165, 1.54) is 161 Å². The van der Waals surface area contributed by atoms with E-state index >= 15 is 0 Å². The first-order chi connectivity index (χ1) is 29.6. The topological polar surface area (TPSA) is 111 Å². The summed E-state index contributed by atoms with van der Waals surface area (Å²) in [4.78, 5) is 37.1. The average molecular weight is 864 g/mol. The molecule has 0 N–H and O–H groups in total. The van der Waals surface area contributed by atoms with Gasteiger partial charge < -0.3 is 33.3 Å². The van der Waals surface area contributed by atoms with Crippen LogP contribution in [0.5, 0.6) is 0 Å². The zero-order valence-corrected chi connectivity index (χ0v) is 40.5. The van der Waals surface area contributed by atoms with E-state index in [1.807, 2.05) is 21.1 Å². The molecule has 0 spiro atoms. The number of allylic oxidation sites excluding steroid dienone is 4. The normalized spacial score (nSPS) is 13.0. The standard InChI is InChI=1S/C52H97NO8/c1-6-8-10-12-14-16-18-20-22-24-25-27-29-31-33-35-37-39-41-43-50(55)61-48(47-60-52(51(56)57)58-45-44-53(3,4)5)46-59-49(54)42-40-38-36-34-32-30-28-26-23-21-19-17-15-13-11-9-7-2/h20-23,48,52H,6-19,24-47H2,1-5H3/b22-20-,23-21-. The fourth-order valence-electron chi connectivity index (χ4n) is 7.17. The number of aliphatic carboxylic acids is 1. The Morgan fingerprint density at radius 2 is 0.836 bits per heavy atom. The number of carbonyl (C=O) groups excluding carboxylic acids is 3. The first-order valence-corrected chi connectivity index (χ1v) is 25.5. The van der Waals surface area contributed by atoms with Gasteiger partial charge in [0.2, 0.25) is 0 Å². The van der Waals surface area contributed by atoms with Crippen LogP contribution in [-0.4, -0.2) is 82.3 Å². The number of quaternary nitrogens is 1. The highest BCUT2D eigenvalue weighted by Gasteiger charge is 2.22. The van der Waals surface area contributed by atoms with Gasteiger partial charge in [0.1, 0.15) is 13.2 Å². The van der Waals surface area contributed by atoms with Crippen molar-refractivity contribution in [2.24, 2.45) is 0 Å². The van der Waals surface area contributed by atoms with Gasteiger partial charge >= 0.3 is 11.9 Å². The number of hydrogen-bond acceptors (Lipinski definition) is 8. The number of hydrogen-bond donors (Lipinski definition) is 0. The van der Waals surface area contributed by atoms with Gasteiger partial charge in [-0.05, 0) is 64.2 Å². The van der Waals surface area contributed by atoms with Gasteiger partial charge in [-0.3, -0.25) is 9.59 Å². The molecule has 0 radical (unpaired) electrons. The van der Waals surface area contributed by atoms with Crippen LogP contribution < -0.4 is 5.11 Å². The molecule has 0 aliphatic carbocycles. The zero-order valence-electron chi connectivity index (χ0n) is 40.5. The monoisotopic (exact) mass is 864 g/mol. The number of carboxylic acids is 1. The Morgan fingerprint density at radius 3 is 1.21 bits per heavy atom. The second-order valence-electron chi connectivity index (χ2n) is 18.5. The van der Waals surface area contributed by atoms with Gasteiger partial charge in [0.05, 0.1) is 40.3 Å². The van der Waals surface area contributed by atoms with Gasteiger partial charge in [-0.15, -0.1) is 0 Å². The summed E-state index contributed by atoms with van der Waals surface area (Å²) in [5.74, 6) is -2.28. The van der Waals surface area contributed by atoms with E-state index in [1.54, 1.807) is 0 Å². The first-order valence-electron chi connectivity index (χ1n) is 25.5. The van der Waals surface area contributed by atoms with Gasteiger partial charge in [0.15, 0.2) is 12.4 Å². The Kier molecular flexibility index (Phi) is 42.8. The van der Waals surface area contributed by atoms with Crippen LogP contribution in [0.4, 0.5) is 0 Å². The number of likely N-dealkylation sites (N-methyl/N-ethyl adjacent to an activating group) is 1. The van der Waals surface area contributed by atoms with Crippen molar-refractivity contribution in [2.45, 2.75) is 245 Å². The van der Waals surface area contributed by atoms with Crippen LogP contribution >= 0.6 is 0 Å². The van der Waals surface area contributed by atoms with E-state index in [9.17, 15) is 19.5 Å². The fourth-order valence-corrected chi connectivity index (χ4v) is 7.17. The molecule has 0 aromatic carbocycles. The lowest BCUT2D eigenvalue weighted by Crippen LogP contribution is -2.44. The number of unbranched alkanes of at least 4 members (excludes halogenated alkanes) is 28. The molecule has 0 bridgehead atoms. The molecule has 0 aromatic rings. The summed E-state index contributed by atoms with van der Waals surface area (Å²) < 4.78 is 22.6. The molecule has 0 aromatic heterocycles. The summed E-state index contributed by atoms with van der Waals surface area (Å²) >= 11 is 0. The summed E-state index contributed by atoms with van der Waals surface area (Å²) in [6, 6.07) is 0. The molecule has 9 nitrogen and oxygen atoms in total. The second-order valence-corrected chi connectivity index (χ2v) is 18.5. The predicted octanol–water partition coefficient (Wildman–Crippen LogP) is 12.7. The molecule has 358 valence electrons. The minimum atomic E-state index is -1.62. The first kappa shape index (κ1) is 58.8. The molecule has 0 aliphatic heterocycles. The number of rotatable bonds is 47. The summed E-state index contributed by atoms with van der Waals surface area (Å²) in [6.07, 6.45) is 46.3. The van der Waals surface area contributed by atoms with Crippen LogP contribution in [0.2, 0.25) is 0 Å². The van der Waals surface area contributed by atoms with E-state index in [-0.39, 0.29) is 38.6 Å². The maximum Gasteiger partial charge on any atom is 0.306 e. The van der Waals surface area contributed by atoms with Gasteiger partial charge in [-0.25, -0.2) is 0 Å². The molecule has 0 fully saturated rings. The summed E-state index contributed by atoms with van der Waals surface area (Å²) in [6.45, 7) is 4.75. The van der Waals surface area contributed by atoms with Crippen molar-refractivity contribution in [3.8, 4) is 0 Å². The molecule has 0 aliphatic rings. The Labute approximate surface area is 376 Å². The molecule has 9 heteroatoms. The summed E-state index contributed by atoms with van der Waals surface area (Å²) in [5, 5.41) is 11.7. The lowest BCUT2D eigenvalue weighted by Gasteiger charge is -2.26. The maximum absolute atomic E-state index is 12.8. The number of esters is 2. The highest BCUT2D eigenvalue weighted by molar-refractivity contribution is 5.70. The highest BCUT2D eigenvalue weighted by Crippen LogP contribution is 2.15. The van der Waals surface area contributed by atoms with Gasteiger partial charge in [0.25, 0.3) is 0 Å². The number of carbonyl (C=O) groups is 3. The van der Waals surface area contributed by atoms with Gasteiger partial charge in [-0.1, -0.05) is 179 Å². The molecule has 2 atom stereocenters. The largest absolute Gasteiger partial charge is 0.545 e. The number of ether oxygens (including phenoxy) is 4. The van der Waals surface area contributed by atoms with Crippen LogP contribution in [0.25, 0.3) is 0 Å². The molecule has 0 amide bonds. The van der Waals surface area contributed by atoms with Crippen LogP contribution in [0.1, 0.15) is 232 Å². The second kappa shape index (κ2) is 44.4. The van der Waals surface area contributed by atoms with E-state index in [4.69, 9.17) is 18.9 Å². The molecule has 61 heavy (non-hydrogen) atoms. The lowest BCUT2D eigenvalue weighted by molar-refractivity contribution is -0.870. The van der Waals surface area contributed by atoms with Crippen molar-refractivity contribution < 1.29 is 42.9 Å². The van der Waals surface area contributed by atoms with Crippen molar-refractivity contribution in [1.29, 1.82) is 0 Å². The third-order valence-electron chi connectivity index (χ3n) is 11.2. The summed E-state index contributed by atoms with van der Waals surface area (Å²) in [7, 11) is 5.92. The maximum atomic E-state index is 12.8. The molecule has 0 heterocycles. The van der Waals surface area contributed by atoms with Crippen molar-refractivity contribution in [1.82, 2.24) is 0 Å². The SMILES string of the molecule is CCCCCCCC/C=C\CCCCCCCCCCCC(=O)OC(COC(=O)CCCCCCCCC/C=C\CCCCCCCC)COC(OCC[N+](C)(C)C)C(=O)[O-]. The summed E-state index contributed by atoms with van der Waals surface area (Å²) in [5.41, 5.74) is 0. The van der Waals surface area contributed by atoms with Crippen LogP contribution in [0.3, 0.4) is 0 Å². The molecule has 0 rings (SSSR count). The van der Waals surface area contributed by atoms with Crippen LogP contribution in [-0.2, 0) is 33.3 Å². The Hall–Kier alpha value is -2.23. The third kappa shape index (κ3) is 45.6. The molecule has 0 saturated heterocycles. The third-order valence-corrected chi connectivity index (χ3v) is 11.2. The Balaban J connectivity index is 4.34. The van der Waals surface area contributed by atoms with Crippen molar-refractivity contribution >= 4 is 17.9 Å². The Bertz CT molecular complexity index is 1050. The van der Waals surface area contributed by atoms with E-state index < -0.39 is 24.3 Å². The van der Waals surface area contributed by atoms with Gasteiger partial charge in [-0.2, -0.15) is 0 Å². The van der Waals surface area contributed by atoms with E-state index in [0.717, 1.165) is 38.5 Å². The zero-order chi connectivity index (χ0) is 44.9. The molecular formula is C52H97NO8. The van der Waals surface area contributed by atoms with Crippen LogP contribution in [0.15, 0.2) is 24.3 Å². The average Bonchev–Trinajstić information content (AvgIpc) is 3.22. The smallest absolute Gasteiger partial charge is 0.306 e. The quantitative estimate of drug-likeness (QED) is 0.0195. The van der Waals surface area contributed by atoms with Crippen LogP contribution in [0, 0.1) is 0 Å². The lowest BCUT2D eigenvalue weighted by atomic mass is 10.1. The van der Waals surface area contributed by atoms with Crippen molar-refractivity contribution in [3.63, 3.8) is 0 Å². The Morgan fingerprint density at radius 1 is 0.475 bits per heavy atom. The minimum absolute atomic E-state index is 0.148. The predicted molar refractivity (Wildman–Crippen MR) is 251 cm³/mol. The molecule has 0 saturated carbocycles. The minimum Gasteiger partial charge on any atom is -0.545 e. The van der Waals surface area contributed by atoms with Crippen molar-refractivity contribution in [2.75, 3.05) is 47.5 Å². The fraction of sp³-hybridized carbons (Fsp3) is 0.865. The molecule has 2 unspecified atom stereocenters. The van der Waals surface area contributed by atoms with Crippen molar-refractivity contribution in [3.05, 3.63) is 24.3 Å². The van der Waals surface area contributed by atoms with Gasteiger partial charge in [0, 0.05) is 12.8 Å².